The van der Waals surface area contributed by atoms with Crippen molar-refractivity contribution in [2.24, 2.45) is 5.92 Å². The van der Waals surface area contributed by atoms with Crippen LogP contribution in [0, 0.1) is 5.92 Å². The lowest BCUT2D eigenvalue weighted by Crippen LogP contribution is -2.45. The fourth-order valence-corrected chi connectivity index (χ4v) is 3.83. The van der Waals surface area contributed by atoms with Crippen molar-refractivity contribution in [3.8, 4) is 0 Å². The van der Waals surface area contributed by atoms with E-state index in [1.807, 2.05) is 0 Å². The largest absolute Gasteiger partial charge is 0.383 e. The van der Waals surface area contributed by atoms with E-state index in [2.05, 4.69) is 54.1 Å². The molecule has 1 aliphatic rings. The molecule has 0 unspecified atom stereocenters. The third-order valence-corrected chi connectivity index (χ3v) is 5.37. The molecule has 0 spiro atoms. The van der Waals surface area contributed by atoms with Gasteiger partial charge in [-0.2, -0.15) is 0 Å². The Bertz CT molecular complexity index is 610. The molecule has 1 fully saturated rings. The van der Waals surface area contributed by atoms with Gasteiger partial charge < -0.3 is 15.4 Å². The summed E-state index contributed by atoms with van der Waals surface area (Å²) in [7, 11) is 1.56. The summed E-state index contributed by atoms with van der Waals surface area (Å²) in [5, 5.41) is 8.19. The van der Waals surface area contributed by atoms with Gasteiger partial charge in [0.1, 0.15) is 0 Å². The number of amides is 3. The van der Waals surface area contributed by atoms with Gasteiger partial charge in [-0.05, 0) is 35.8 Å². The van der Waals surface area contributed by atoms with E-state index in [0.29, 0.717) is 25.0 Å². The first kappa shape index (κ1) is 22.4. The number of urea groups is 1. The van der Waals surface area contributed by atoms with Gasteiger partial charge in [0.15, 0.2) is 0 Å². The first-order valence-corrected chi connectivity index (χ1v) is 10.4. The highest BCUT2D eigenvalue weighted by Gasteiger charge is 2.19. The zero-order valence-corrected chi connectivity index (χ0v) is 17.4. The molecule has 3 N–H and O–H groups in total. The molecule has 0 bridgehead atoms. The number of rotatable bonds is 9. The van der Waals surface area contributed by atoms with Gasteiger partial charge in [-0.15, -0.1) is 0 Å². The van der Waals surface area contributed by atoms with Gasteiger partial charge in [0.05, 0.1) is 13.2 Å². The van der Waals surface area contributed by atoms with E-state index in [1.54, 1.807) is 7.11 Å². The number of carbonyl (C=O) groups excluding carboxylic acids is 2. The standard InChI is InChI=1S/C22H35N3O3/c1-16(2)21(24-15-20(26)25-22(27)23-13-14-28-3)19-11-9-18(10-12-19)17-7-5-4-6-8-17/h9-12,16-17,21,24H,4-8,13-15H2,1-3H3,(H2,23,25,26,27)/t21-/m0/s1. The van der Waals surface area contributed by atoms with Crippen molar-refractivity contribution < 1.29 is 14.3 Å². The summed E-state index contributed by atoms with van der Waals surface area (Å²) in [6.07, 6.45) is 6.60. The van der Waals surface area contributed by atoms with Crippen LogP contribution in [-0.2, 0) is 9.53 Å². The van der Waals surface area contributed by atoms with Gasteiger partial charge in [0, 0.05) is 19.7 Å². The van der Waals surface area contributed by atoms with Crippen molar-refractivity contribution in [3.63, 3.8) is 0 Å². The maximum Gasteiger partial charge on any atom is 0.321 e. The maximum atomic E-state index is 12.0. The van der Waals surface area contributed by atoms with Crippen LogP contribution in [0.2, 0.25) is 0 Å². The molecule has 0 aromatic heterocycles. The highest BCUT2D eigenvalue weighted by atomic mass is 16.5. The topological polar surface area (TPSA) is 79.5 Å². The predicted octanol–water partition coefficient (Wildman–Crippen LogP) is 3.49. The molecule has 1 aromatic rings. The monoisotopic (exact) mass is 389 g/mol. The molecule has 1 aromatic carbocycles. The zero-order valence-electron chi connectivity index (χ0n) is 17.4. The second-order valence-corrected chi connectivity index (χ2v) is 7.90. The zero-order chi connectivity index (χ0) is 20.4. The van der Waals surface area contributed by atoms with Crippen molar-refractivity contribution in [1.82, 2.24) is 16.0 Å². The molecular weight excluding hydrogens is 354 g/mol. The van der Waals surface area contributed by atoms with Gasteiger partial charge in [-0.1, -0.05) is 57.4 Å². The third kappa shape index (κ3) is 7.24. The summed E-state index contributed by atoms with van der Waals surface area (Å²) in [5.41, 5.74) is 2.60. The number of ether oxygens (including phenoxy) is 1. The summed E-state index contributed by atoms with van der Waals surface area (Å²) in [6, 6.07) is 8.40. The van der Waals surface area contributed by atoms with E-state index >= 15 is 0 Å². The molecule has 28 heavy (non-hydrogen) atoms. The van der Waals surface area contributed by atoms with Gasteiger partial charge in [0.25, 0.3) is 0 Å². The molecule has 0 heterocycles. The first-order chi connectivity index (χ1) is 13.5. The van der Waals surface area contributed by atoms with Crippen molar-refractivity contribution >= 4 is 11.9 Å². The highest BCUT2D eigenvalue weighted by Crippen LogP contribution is 2.33. The fraction of sp³-hybridized carbons (Fsp3) is 0.636. The van der Waals surface area contributed by atoms with Crippen LogP contribution in [0.4, 0.5) is 4.79 Å². The fourth-order valence-electron chi connectivity index (χ4n) is 3.83. The number of hydrogen-bond donors (Lipinski definition) is 3. The van der Waals surface area contributed by atoms with E-state index in [-0.39, 0.29) is 18.5 Å². The van der Waals surface area contributed by atoms with E-state index in [4.69, 9.17) is 4.74 Å². The normalized spacial score (nSPS) is 16.0. The second-order valence-electron chi connectivity index (χ2n) is 7.90. The summed E-state index contributed by atoms with van der Waals surface area (Å²) in [5.74, 6) is 0.666. The van der Waals surface area contributed by atoms with E-state index in [9.17, 15) is 9.59 Å². The van der Waals surface area contributed by atoms with E-state index in [0.717, 1.165) is 0 Å². The Labute approximate surface area is 168 Å². The average Bonchev–Trinajstić information content (AvgIpc) is 2.69. The lowest BCUT2D eigenvalue weighted by atomic mass is 9.83. The van der Waals surface area contributed by atoms with E-state index < -0.39 is 6.03 Å². The number of benzene rings is 1. The van der Waals surface area contributed by atoms with Crippen LogP contribution in [0.1, 0.15) is 69.0 Å². The minimum absolute atomic E-state index is 0.0581. The molecule has 1 atom stereocenters. The second kappa shape index (κ2) is 11.8. The Morgan fingerprint density at radius 2 is 1.79 bits per heavy atom. The molecule has 3 amide bonds. The molecule has 0 aliphatic heterocycles. The Morgan fingerprint density at radius 3 is 2.39 bits per heavy atom. The van der Waals surface area contributed by atoms with Gasteiger partial charge in [-0.3, -0.25) is 10.1 Å². The molecule has 2 rings (SSSR count). The maximum absolute atomic E-state index is 12.0. The number of hydrogen-bond acceptors (Lipinski definition) is 4. The molecule has 1 aliphatic carbocycles. The van der Waals surface area contributed by atoms with Crippen LogP contribution in [0.15, 0.2) is 24.3 Å². The van der Waals surface area contributed by atoms with Crippen molar-refractivity contribution in [3.05, 3.63) is 35.4 Å². The highest BCUT2D eigenvalue weighted by molar-refractivity contribution is 5.95. The van der Waals surface area contributed by atoms with Gasteiger partial charge in [0.2, 0.25) is 5.91 Å². The van der Waals surface area contributed by atoms with Crippen LogP contribution in [0.5, 0.6) is 0 Å². The molecule has 156 valence electrons. The van der Waals surface area contributed by atoms with Gasteiger partial charge in [-0.25, -0.2) is 4.79 Å². The average molecular weight is 390 g/mol. The Morgan fingerprint density at radius 1 is 1.11 bits per heavy atom. The smallest absolute Gasteiger partial charge is 0.321 e. The molecule has 6 nitrogen and oxygen atoms in total. The SMILES string of the molecule is COCCNC(=O)NC(=O)CN[C@H](c1ccc(C2CCCCC2)cc1)C(C)C. The molecule has 0 saturated heterocycles. The molecule has 0 radical (unpaired) electrons. The van der Waals surface area contributed by atoms with Crippen molar-refractivity contribution in [2.75, 3.05) is 26.8 Å². The molecular formula is C22H35N3O3. The summed E-state index contributed by atoms with van der Waals surface area (Å²) in [6.45, 7) is 5.12. The minimum atomic E-state index is -0.498. The Kier molecular flexibility index (Phi) is 9.44. The first-order valence-electron chi connectivity index (χ1n) is 10.4. The minimum Gasteiger partial charge on any atom is -0.383 e. The Hall–Kier alpha value is -1.92. The van der Waals surface area contributed by atoms with E-state index in [1.165, 1.54) is 43.2 Å². The quantitative estimate of drug-likeness (QED) is 0.565. The lowest BCUT2D eigenvalue weighted by Gasteiger charge is -2.25. The predicted molar refractivity (Wildman–Crippen MR) is 111 cm³/mol. The van der Waals surface area contributed by atoms with Crippen LogP contribution >= 0.6 is 0 Å². The van der Waals surface area contributed by atoms with Crippen LogP contribution in [0.25, 0.3) is 0 Å². The number of nitrogens with one attached hydrogen (secondary N) is 3. The molecule has 1 saturated carbocycles. The number of carbonyl (C=O) groups is 2. The van der Waals surface area contributed by atoms with Crippen molar-refractivity contribution in [2.45, 2.75) is 57.9 Å². The summed E-state index contributed by atoms with van der Waals surface area (Å²) in [4.78, 5) is 23.7. The third-order valence-electron chi connectivity index (χ3n) is 5.37. The van der Waals surface area contributed by atoms with Crippen LogP contribution in [0.3, 0.4) is 0 Å². The summed E-state index contributed by atoms with van der Waals surface area (Å²) < 4.78 is 4.86. The number of methoxy groups -OCH3 is 1. The van der Waals surface area contributed by atoms with Crippen molar-refractivity contribution in [1.29, 1.82) is 0 Å². The van der Waals surface area contributed by atoms with Crippen LogP contribution < -0.4 is 16.0 Å². The Balaban J connectivity index is 1.86. The number of imide groups is 1. The van der Waals surface area contributed by atoms with Gasteiger partial charge >= 0.3 is 6.03 Å². The van der Waals surface area contributed by atoms with Crippen LogP contribution in [-0.4, -0.2) is 38.7 Å². The molecule has 6 heteroatoms. The lowest BCUT2D eigenvalue weighted by molar-refractivity contribution is -0.119. The summed E-state index contributed by atoms with van der Waals surface area (Å²) >= 11 is 0.